The molecular weight excluding hydrogens is 346 g/mol. The summed E-state index contributed by atoms with van der Waals surface area (Å²) in [7, 11) is 0. The van der Waals surface area contributed by atoms with Crippen LogP contribution in [0.15, 0.2) is 22.7 Å². The Labute approximate surface area is 129 Å². The lowest BCUT2D eigenvalue weighted by Crippen LogP contribution is -2.27. The minimum atomic E-state index is -0.587. The molecule has 0 radical (unpaired) electrons. The number of carbonyl (C=O) groups is 1. The van der Waals surface area contributed by atoms with Crippen LogP contribution < -0.4 is 5.32 Å². The van der Waals surface area contributed by atoms with Crippen LogP contribution in [0.5, 0.6) is 0 Å². The first-order chi connectivity index (χ1) is 9.24. The Balaban J connectivity index is 2.37. The van der Waals surface area contributed by atoms with Crippen LogP contribution in [0.2, 0.25) is 5.28 Å². The van der Waals surface area contributed by atoms with E-state index in [2.05, 4.69) is 31.2 Å². The van der Waals surface area contributed by atoms with E-state index in [1.807, 2.05) is 6.07 Å². The predicted molar refractivity (Wildman–Crippen MR) is 82.1 cm³/mol. The van der Waals surface area contributed by atoms with E-state index in [0.717, 1.165) is 4.47 Å². The third kappa shape index (κ3) is 3.80. The van der Waals surface area contributed by atoms with Crippen LogP contribution in [-0.2, 0) is 4.74 Å². The van der Waals surface area contributed by atoms with Gasteiger partial charge < -0.3 is 4.74 Å². The Morgan fingerprint density at radius 2 is 2.05 bits per heavy atom. The minimum Gasteiger partial charge on any atom is -0.444 e. The van der Waals surface area contributed by atoms with Gasteiger partial charge in [-0.1, -0.05) is 15.9 Å². The van der Waals surface area contributed by atoms with Gasteiger partial charge in [0.25, 0.3) is 0 Å². The molecule has 0 atom stereocenters. The number of fused-ring (bicyclic) bond motifs is 1. The zero-order valence-corrected chi connectivity index (χ0v) is 13.5. The molecule has 0 bridgehead atoms. The molecule has 0 aliphatic heterocycles. The summed E-state index contributed by atoms with van der Waals surface area (Å²) in [6.45, 7) is 5.36. The molecule has 0 spiro atoms. The number of rotatable bonds is 1. The van der Waals surface area contributed by atoms with Gasteiger partial charge in [0, 0.05) is 9.86 Å². The van der Waals surface area contributed by atoms with Crippen LogP contribution in [-0.4, -0.2) is 21.7 Å². The second kappa shape index (κ2) is 5.54. The Bertz CT molecular complexity index is 665. The maximum atomic E-state index is 11.8. The Morgan fingerprint density at radius 3 is 2.70 bits per heavy atom. The largest absolute Gasteiger partial charge is 0.444 e. The molecule has 7 heteroatoms. The first-order valence-electron chi connectivity index (χ1n) is 5.87. The molecule has 2 rings (SSSR count). The van der Waals surface area contributed by atoms with E-state index in [4.69, 9.17) is 16.3 Å². The van der Waals surface area contributed by atoms with E-state index in [1.54, 1.807) is 32.9 Å². The molecule has 0 saturated heterocycles. The topological polar surface area (TPSA) is 64.1 Å². The highest BCUT2D eigenvalue weighted by atomic mass is 79.9. The first-order valence-corrected chi connectivity index (χ1v) is 7.04. The predicted octanol–water partition coefficient (Wildman–Crippen LogP) is 4.39. The lowest BCUT2D eigenvalue weighted by Gasteiger charge is -2.19. The Kier molecular flexibility index (Phi) is 4.15. The molecule has 0 aliphatic rings. The van der Waals surface area contributed by atoms with Gasteiger partial charge in [-0.2, -0.15) is 4.98 Å². The molecule has 1 amide bonds. The molecular formula is C13H13BrClN3O2. The van der Waals surface area contributed by atoms with E-state index in [0.29, 0.717) is 16.7 Å². The van der Waals surface area contributed by atoms with Crippen LogP contribution in [0.25, 0.3) is 10.9 Å². The SMILES string of the molecule is CC(C)(C)OC(=O)Nc1nc(Cl)nc2cc(Br)ccc12. The number of hydrogen-bond acceptors (Lipinski definition) is 4. The Hall–Kier alpha value is -1.40. The minimum absolute atomic E-state index is 0.0571. The number of ether oxygens (including phenoxy) is 1. The van der Waals surface area contributed by atoms with Crippen LogP contribution in [0.4, 0.5) is 10.6 Å². The lowest BCUT2D eigenvalue weighted by molar-refractivity contribution is 0.0635. The van der Waals surface area contributed by atoms with Crippen molar-refractivity contribution in [2.24, 2.45) is 0 Å². The van der Waals surface area contributed by atoms with Crippen molar-refractivity contribution >= 4 is 50.3 Å². The van der Waals surface area contributed by atoms with Gasteiger partial charge in [-0.3, -0.25) is 5.32 Å². The van der Waals surface area contributed by atoms with Gasteiger partial charge in [-0.25, -0.2) is 9.78 Å². The zero-order chi connectivity index (χ0) is 14.9. The quantitative estimate of drug-likeness (QED) is 0.768. The molecule has 0 unspecified atom stereocenters. The number of amides is 1. The molecule has 1 heterocycles. The van der Waals surface area contributed by atoms with Crippen molar-refractivity contribution in [3.8, 4) is 0 Å². The van der Waals surface area contributed by atoms with Crippen molar-refractivity contribution in [1.29, 1.82) is 0 Å². The van der Waals surface area contributed by atoms with Gasteiger partial charge in [-0.15, -0.1) is 0 Å². The Morgan fingerprint density at radius 1 is 1.35 bits per heavy atom. The normalized spacial score (nSPS) is 11.4. The third-order valence-corrected chi connectivity index (χ3v) is 2.91. The fourth-order valence-electron chi connectivity index (χ4n) is 1.57. The van der Waals surface area contributed by atoms with Crippen molar-refractivity contribution in [3.63, 3.8) is 0 Å². The molecule has 1 aromatic carbocycles. The van der Waals surface area contributed by atoms with Crippen LogP contribution in [0.1, 0.15) is 20.8 Å². The summed E-state index contributed by atoms with van der Waals surface area (Å²) in [5.41, 5.74) is 0.0464. The maximum Gasteiger partial charge on any atom is 0.413 e. The van der Waals surface area contributed by atoms with Crippen molar-refractivity contribution in [2.75, 3.05) is 5.32 Å². The number of benzene rings is 1. The van der Waals surface area contributed by atoms with Gasteiger partial charge in [0.2, 0.25) is 5.28 Å². The summed E-state index contributed by atoms with van der Waals surface area (Å²) in [6, 6.07) is 5.42. The maximum absolute atomic E-state index is 11.8. The fraction of sp³-hybridized carbons (Fsp3) is 0.308. The molecule has 0 fully saturated rings. The van der Waals surface area contributed by atoms with Crippen molar-refractivity contribution in [1.82, 2.24) is 9.97 Å². The summed E-state index contributed by atoms with van der Waals surface area (Å²) in [6.07, 6.45) is -0.587. The lowest BCUT2D eigenvalue weighted by atomic mass is 10.2. The molecule has 1 aromatic heterocycles. The van der Waals surface area contributed by atoms with E-state index in [-0.39, 0.29) is 5.28 Å². The number of nitrogens with one attached hydrogen (secondary N) is 1. The number of halogens is 2. The summed E-state index contributed by atoms with van der Waals surface area (Å²) in [4.78, 5) is 19.9. The van der Waals surface area contributed by atoms with Crippen molar-refractivity contribution < 1.29 is 9.53 Å². The highest BCUT2D eigenvalue weighted by Gasteiger charge is 2.18. The molecule has 2 aromatic rings. The molecule has 20 heavy (non-hydrogen) atoms. The highest BCUT2D eigenvalue weighted by Crippen LogP contribution is 2.25. The summed E-state index contributed by atoms with van der Waals surface area (Å²) >= 11 is 9.22. The standard InChI is InChI=1S/C13H13BrClN3O2/c1-13(2,3)20-12(19)18-10-8-5-4-7(14)6-9(8)16-11(15)17-10/h4-6H,1-3H3,(H,16,17,18,19). The van der Waals surface area contributed by atoms with E-state index in [1.165, 1.54) is 0 Å². The van der Waals surface area contributed by atoms with Gasteiger partial charge in [-0.05, 0) is 50.6 Å². The van der Waals surface area contributed by atoms with E-state index >= 15 is 0 Å². The second-order valence-electron chi connectivity index (χ2n) is 5.13. The van der Waals surface area contributed by atoms with Crippen LogP contribution in [0.3, 0.4) is 0 Å². The molecule has 0 aliphatic carbocycles. The second-order valence-corrected chi connectivity index (χ2v) is 6.38. The van der Waals surface area contributed by atoms with Crippen molar-refractivity contribution in [3.05, 3.63) is 28.0 Å². The average Bonchev–Trinajstić information content (AvgIpc) is 2.24. The number of nitrogens with zero attached hydrogens (tertiary/aromatic N) is 2. The molecule has 0 saturated carbocycles. The third-order valence-electron chi connectivity index (χ3n) is 2.25. The van der Waals surface area contributed by atoms with Crippen LogP contribution >= 0.6 is 27.5 Å². The first kappa shape index (κ1) is 15.0. The van der Waals surface area contributed by atoms with E-state index < -0.39 is 11.7 Å². The van der Waals surface area contributed by atoms with Gasteiger partial charge >= 0.3 is 6.09 Å². The number of carbonyl (C=O) groups excluding carboxylic acids is 1. The average molecular weight is 359 g/mol. The van der Waals surface area contributed by atoms with Gasteiger partial charge in [0.1, 0.15) is 11.4 Å². The number of hydrogen-bond donors (Lipinski definition) is 1. The summed E-state index contributed by atoms with van der Waals surface area (Å²) < 4.78 is 6.06. The molecule has 1 N–H and O–H groups in total. The summed E-state index contributed by atoms with van der Waals surface area (Å²) in [5, 5.41) is 3.33. The number of aromatic nitrogens is 2. The zero-order valence-electron chi connectivity index (χ0n) is 11.2. The molecule has 106 valence electrons. The van der Waals surface area contributed by atoms with Gasteiger partial charge in [0.05, 0.1) is 5.52 Å². The molecule has 5 nitrogen and oxygen atoms in total. The monoisotopic (exact) mass is 357 g/mol. The summed E-state index contributed by atoms with van der Waals surface area (Å²) in [5.74, 6) is 0.321. The smallest absolute Gasteiger partial charge is 0.413 e. The number of anilines is 1. The highest BCUT2D eigenvalue weighted by molar-refractivity contribution is 9.10. The fourth-order valence-corrected chi connectivity index (χ4v) is 2.09. The van der Waals surface area contributed by atoms with Crippen LogP contribution in [0, 0.1) is 0 Å². The van der Waals surface area contributed by atoms with Gasteiger partial charge in [0.15, 0.2) is 0 Å². The van der Waals surface area contributed by atoms with E-state index in [9.17, 15) is 4.79 Å². The van der Waals surface area contributed by atoms with Crippen molar-refractivity contribution in [2.45, 2.75) is 26.4 Å².